The third-order valence-corrected chi connectivity index (χ3v) is 3.35. The molecule has 2 heterocycles. The fraction of sp³-hybridized carbons (Fsp3) is 0.692. The SMILES string of the molecule is CC(CN1CCOCC1)NCCn1[nH]c(=O)ccc1=O. The van der Waals surface area contributed by atoms with Crippen LogP contribution in [0.25, 0.3) is 0 Å². The van der Waals surface area contributed by atoms with Crippen LogP contribution in [-0.2, 0) is 11.3 Å². The van der Waals surface area contributed by atoms with E-state index < -0.39 is 0 Å². The van der Waals surface area contributed by atoms with Crippen LogP contribution in [0, 0.1) is 0 Å². The van der Waals surface area contributed by atoms with E-state index >= 15 is 0 Å². The van der Waals surface area contributed by atoms with Gasteiger partial charge in [-0.05, 0) is 6.92 Å². The Kier molecular flexibility index (Phi) is 5.51. The summed E-state index contributed by atoms with van der Waals surface area (Å²) in [7, 11) is 0. The molecule has 1 saturated heterocycles. The highest BCUT2D eigenvalue weighted by atomic mass is 16.5. The second kappa shape index (κ2) is 7.37. The summed E-state index contributed by atoms with van der Waals surface area (Å²) in [4.78, 5) is 25.0. The molecule has 2 N–H and O–H groups in total. The Morgan fingerprint density at radius 2 is 2.10 bits per heavy atom. The van der Waals surface area contributed by atoms with Gasteiger partial charge in [0.15, 0.2) is 0 Å². The van der Waals surface area contributed by atoms with Gasteiger partial charge in [0.05, 0.1) is 19.8 Å². The van der Waals surface area contributed by atoms with E-state index in [1.807, 2.05) is 0 Å². The van der Waals surface area contributed by atoms with Crippen molar-refractivity contribution in [1.29, 1.82) is 0 Å². The zero-order chi connectivity index (χ0) is 14.4. The zero-order valence-electron chi connectivity index (χ0n) is 11.8. The number of nitrogens with zero attached hydrogens (tertiary/aromatic N) is 2. The van der Waals surface area contributed by atoms with Crippen LogP contribution in [0.3, 0.4) is 0 Å². The number of H-pyrrole nitrogens is 1. The summed E-state index contributed by atoms with van der Waals surface area (Å²) in [5.74, 6) is 0. The smallest absolute Gasteiger partial charge is 0.265 e. The van der Waals surface area contributed by atoms with E-state index in [0.717, 1.165) is 32.8 Å². The van der Waals surface area contributed by atoms with Gasteiger partial charge < -0.3 is 10.1 Å². The van der Waals surface area contributed by atoms with Crippen LogP contribution in [0.4, 0.5) is 0 Å². The number of aromatic amines is 1. The lowest BCUT2D eigenvalue weighted by Crippen LogP contribution is -2.45. The van der Waals surface area contributed by atoms with Crippen LogP contribution in [0.15, 0.2) is 21.7 Å². The summed E-state index contributed by atoms with van der Waals surface area (Å²) < 4.78 is 6.64. The van der Waals surface area contributed by atoms with Crippen LogP contribution in [0.2, 0.25) is 0 Å². The van der Waals surface area contributed by atoms with Crippen molar-refractivity contribution in [1.82, 2.24) is 20.0 Å². The third kappa shape index (κ3) is 4.59. The Morgan fingerprint density at radius 1 is 1.35 bits per heavy atom. The maximum Gasteiger partial charge on any atom is 0.265 e. The number of rotatable bonds is 6. The molecule has 1 aromatic rings. The Bertz CT molecular complexity index is 519. The van der Waals surface area contributed by atoms with Crippen molar-refractivity contribution in [2.45, 2.75) is 19.5 Å². The van der Waals surface area contributed by atoms with Crippen molar-refractivity contribution in [2.75, 3.05) is 39.4 Å². The minimum Gasteiger partial charge on any atom is -0.379 e. The van der Waals surface area contributed by atoms with E-state index in [0.29, 0.717) is 19.1 Å². The first-order valence-corrected chi connectivity index (χ1v) is 6.99. The molecular formula is C13H22N4O3. The molecule has 0 bridgehead atoms. The summed E-state index contributed by atoms with van der Waals surface area (Å²) in [6.45, 7) is 7.72. The highest BCUT2D eigenvalue weighted by Gasteiger charge is 2.13. The molecule has 1 unspecified atom stereocenters. The van der Waals surface area contributed by atoms with Gasteiger partial charge in [-0.25, -0.2) is 4.68 Å². The standard InChI is InChI=1S/C13H22N4O3/c1-11(10-16-6-8-20-9-7-16)14-4-5-17-13(19)3-2-12(18)15-17/h2-3,11,14H,4-10H2,1H3,(H,15,18). The van der Waals surface area contributed by atoms with E-state index in [-0.39, 0.29) is 11.1 Å². The van der Waals surface area contributed by atoms with E-state index in [1.165, 1.54) is 16.8 Å². The highest BCUT2D eigenvalue weighted by Crippen LogP contribution is 1.98. The lowest BCUT2D eigenvalue weighted by Gasteiger charge is -2.29. The molecule has 1 aliphatic heterocycles. The van der Waals surface area contributed by atoms with Gasteiger partial charge in [0.25, 0.3) is 11.1 Å². The summed E-state index contributed by atoms with van der Waals surface area (Å²) in [5, 5.41) is 5.87. The first-order chi connectivity index (χ1) is 9.65. The van der Waals surface area contributed by atoms with E-state index in [4.69, 9.17) is 4.74 Å². The van der Waals surface area contributed by atoms with Crippen LogP contribution >= 0.6 is 0 Å². The van der Waals surface area contributed by atoms with Crippen molar-refractivity contribution >= 4 is 0 Å². The summed E-state index contributed by atoms with van der Waals surface area (Å²) in [6, 6.07) is 2.86. The number of hydrogen-bond donors (Lipinski definition) is 2. The first kappa shape index (κ1) is 15.0. The maximum absolute atomic E-state index is 11.5. The van der Waals surface area contributed by atoms with Gasteiger partial charge in [-0.2, -0.15) is 0 Å². The fourth-order valence-corrected chi connectivity index (χ4v) is 2.29. The summed E-state index contributed by atoms with van der Waals surface area (Å²) >= 11 is 0. The maximum atomic E-state index is 11.5. The highest BCUT2D eigenvalue weighted by molar-refractivity contribution is 4.86. The van der Waals surface area contributed by atoms with Crippen molar-refractivity contribution in [3.63, 3.8) is 0 Å². The van der Waals surface area contributed by atoms with Crippen LogP contribution in [0.5, 0.6) is 0 Å². The number of aromatic nitrogens is 2. The van der Waals surface area contributed by atoms with Crippen molar-refractivity contribution in [3.8, 4) is 0 Å². The molecule has 7 nitrogen and oxygen atoms in total. The Morgan fingerprint density at radius 3 is 2.85 bits per heavy atom. The Labute approximate surface area is 117 Å². The molecule has 0 radical (unpaired) electrons. The molecule has 2 rings (SSSR count). The van der Waals surface area contributed by atoms with Crippen LogP contribution in [0.1, 0.15) is 6.92 Å². The number of morpholine rings is 1. The normalized spacial score (nSPS) is 18.1. The summed E-state index contributed by atoms with van der Waals surface area (Å²) in [6.07, 6.45) is 0. The van der Waals surface area contributed by atoms with Gasteiger partial charge in [-0.15, -0.1) is 0 Å². The predicted molar refractivity (Wildman–Crippen MR) is 76.0 cm³/mol. The summed E-state index contributed by atoms with van der Waals surface area (Å²) in [5.41, 5.74) is -0.446. The Hall–Kier alpha value is -1.44. The van der Waals surface area contributed by atoms with E-state index in [1.54, 1.807) is 0 Å². The minimum absolute atomic E-state index is 0.188. The molecule has 1 aromatic heterocycles. The molecule has 1 fully saturated rings. The Balaban J connectivity index is 1.73. The zero-order valence-corrected chi connectivity index (χ0v) is 11.8. The lowest BCUT2D eigenvalue weighted by atomic mass is 10.3. The second-order valence-electron chi connectivity index (χ2n) is 5.07. The minimum atomic E-state index is -0.258. The molecule has 112 valence electrons. The van der Waals surface area contributed by atoms with Gasteiger partial charge in [0, 0.05) is 44.4 Å². The van der Waals surface area contributed by atoms with E-state index in [2.05, 4.69) is 22.2 Å². The van der Waals surface area contributed by atoms with Crippen LogP contribution < -0.4 is 16.4 Å². The molecule has 0 amide bonds. The fourth-order valence-electron chi connectivity index (χ4n) is 2.29. The molecule has 20 heavy (non-hydrogen) atoms. The van der Waals surface area contributed by atoms with Gasteiger partial charge >= 0.3 is 0 Å². The second-order valence-corrected chi connectivity index (χ2v) is 5.07. The van der Waals surface area contributed by atoms with Gasteiger partial charge in [-0.1, -0.05) is 0 Å². The van der Waals surface area contributed by atoms with Gasteiger partial charge in [0.2, 0.25) is 0 Å². The molecule has 0 aromatic carbocycles. The molecule has 0 spiro atoms. The molecule has 0 saturated carbocycles. The molecule has 1 aliphatic rings. The topological polar surface area (TPSA) is 79.4 Å². The van der Waals surface area contributed by atoms with Crippen LogP contribution in [-0.4, -0.2) is 60.1 Å². The first-order valence-electron chi connectivity index (χ1n) is 6.99. The van der Waals surface area contributed by atoms with Gasteiger partial charge in [0.1, 0.15) is 0 Å². The molecule has 7 heteroatoms. The number of hydrogen-bond acceptors (Lipinski definition) is 5. The van der Waals surface area contributed by atoms with Crippen molar-refractivity contribution in [2.24, 2.45) is 0 Å². The predicted octanol–water partition coefficient (Wildman–Crippen LogP) is -1.15. The largest absolute Gasteiger partial charge is 0.379 e. The number of ether oxygens (including phenoxy) is 1. The quantitative estimate of drug-likeness (QED) is 0.688. The van der Waals surface area contributed by atoms with E-state index in [9.17, 15) is 9.59 Å². The van der Waals surface area contributed by atoms with Gasteiger partial charge in [-0.3, -0.25) is 19.6 Å². The average Bonchev–Trinajstić information content (AvgIpc) is 2.44. The molecule has 1 atom stereocenters. The molecular weight excluding hydrogens is 260 g/mol. The van der Waals surface area contributed by atoms with Crippen molar-refractivity contribution in [3.05, 3.63) is 32.8 Å². The number of nitrogens with one attached hydrogen (secondary N) is 2. The molecule has 0 aliphatic carbocycles. The van der Waals surface area contributed by atoms with Crippen molar-refractivity contribution < 1.29 is 4.74 Å². The average molecular weight is 282 g/mol. The third-order valence-electron chi connectivity index (χ3n) is 3.35. The monoisotopic (exact) mass is 282 g/mol. The lowest BCUT2D eigenvalue weighted by molar-refractivity contribution is 0.0344.